The summed E-state index contributed by atoms with van der Waals surface area (Å²) >= 11 is 0. The van der Waals surface area contributed by atoms with E-state index in [4.69, 9.17) is 5.11 Å². The first-order valence-corrected chi connectivity index (χ1v) is 4.06. The average molecular weight is 195 g/mol. The van der Waals surface area contributed by atoms with Gasteiger partial charge in [0.2, 0.25) is 0 Å². The fourth-order valence-electron chi connectivity index (χ4n) is 1.34. The second-order valence-corrected chi connectivity index (χ2v) is 2.84. The summed E-state index contributed by atoms with van der Waals surface area (Å²) < 4.78 is 0. The molecule has 0 fully saturated rings. The normalized spacial score (nSPS) is 9.60. The third kappa shape index (κ3) is 1.96. The first-order valence-electron chi connectivity index (χ1n) is 4.06. The number of carboxylic acids is 1. The Hall–Kier alpha value is -1.50. The van der Waals surface area contributed by atoms with Crippen molar-refractivity contribution in [2.24, 2.45) is 0 Å². The molecular formula is C10H8LiN2O2. The largest absolute Gasteiger partial charge is 0.477 e. The van der Waals surface area contributed by atoms with Crippen LogP contribution in [0.25, 0.3) is 17.1 Å². The number of hydrogen-bond donors (Lipinski definition) is 2. The van der Waals surface area contributed by atoms with E-state index >= 15 is 0 Å². The molecule has 1 radical (unpaired) electrons. The van der Waals surface area contributed by atoms with Crippen molar-refractivity contribution in [1.82, 2.24) is 9.97 Å². The van der Waals surface area contributed by atoms with Crippen LogP contribution in [0, 0.1) is 0 Å². The molecule has 0 aliphatic carbocycles. The molecule has 15 heavy (non-hydrogen) atoms. The van der Waals surface area contributed by atoms with Crippen LogP contribution >= 0.6 is 0 Å². The number of nitrogens with zero attached hydrogens (tertiary/aromatic N) is 1. The second-order valence-electron chi connectivity index (χ2n) is 2.84. The molecule has 2 N–H and O–H groups in total. The van der Waals surface area contributed by atoms with Gasteiger partial charge in [0.1, 0.15) is 5.69 Å². The van der Waals surface area contributed by atoms with Crippen LogP contribution in [0.15, 0.2) is 24.9 Å². The van der Waals surface area contributed by atoms with Gasteiger partial charge in [-0.05, 0) is 12.1 Å². The molecule has 0 saturated heterocycles. The van der Waals surface area contributed by atoms with Gasteiger partial charge >= 0.3 is 5.97 Å². The predicted octanol–water partition coefficient (Wildman–Crippen LogP) is 1.52. The predicted molar refractivity (Wildman–Crippen MR) is 58.9 cm³/mol. The van der Waals surface area contributed by atoms with Crippen LogP contribution in [0.2, 0.25) is 0 Å². The minimum absolute atomic E-state index is 0. The van der Waals surface area contributed by atoms with Crippen LogP contribution < -0.4 is 0 Å². The number of pyridine rings is 1. The molecule has 0 aliphatic heterocycles. The van der Waals surface area contributed by atoms with Crippen LogP contribution in [0.5, 0.6) is 0 Å². The van der Waals surface area contributed by atoms with Crippen molar-refractivity contribution < 1.29 is 9.90 Å². The van der Waals surface area contributed by atoms with Crippen molar-refractivity contribution in [3.63, 3.8) is 0 Å². The van der Waals surface area contributed by atoms with E-state index in [-0.39, 0.29) is 24.6 Å². The minimum atomic E-state index is -1.03. The van der Waals surface area contributed by atoms with E-state index in [2.05, 4.69) is 16.5 Å². The van der Waals surface area contributed by atoms with Gasteiger partial charge in [0, 0.05) is 30.6 Å². The summed E-state index contributed by atoms with van der Waals surface area (Å²) in [7, 11) is 0. The van der Waals surface area contributed by atoms with Crippen LogP contribution in [0.1, 0.15) is 16.1 Å². The Morgan fingerprint density at radius 3 is 2.93 bits per heavy atom. The maximum absolute atomic E-state index is 10.7. The zero-order valence-corrected chi connectivity index (χ0v) is 8.32. The summed E-state index contributed by atoms with van der Waals surface area (Å²) in [5, 5.41) is 8.79. The molecule has 0 saturated carbocycles. The Bertz CT molecular complexity index is 519. The minimum Gasteiger partial charge on any atom is -0.477 e. The average Bonchev–Trinajstić information content (AvgIpc) is 2.63. The van der Waals surface area contributed by atoms with Crippen LogP contribution in [-0.4, -0.2) is 39.9 Å². The Morgan fingerprint density at radius 1 is 1.60 bits per heavy atom. The van der Waals surface area contributed by atoms with Crippen molar-refractivity contribution in [1.29, 1.82) is 0 Å². The second kappa shape index (κ2) is 4.35. The molecule has 0 unspecified atom stereocenters. The van der Waals surface area contributed by atoms with Gasteiger partial charge in [0.25, 0.3) is 0 Å². The summed E-state index contributed by atoms with van der Waals surface area (Å²) in [5.74, 6) is -1.03. The fraction of sp³-hybridized carbons (Fsp3) is 0. The molecule has 0 atom stereocenters. The zero-order chi connectivity index (χ0) is 10.1. The molecule has 0 spiro atoms. The van der Waals surface area contributed by atoms with Gasteiger partial charge in [-0.15, -0.1) is 0 Å². The molecule has 0 aliphatic rings. The number of carboxylic acid groups (broad SMARTS) is 1. The third-order valence-electron chi connectivity index (χ3n) is 1.99. The van der Waals surface area contributed by atoms with E-state index in [1.807, 2.05) is 0 Å². The number of H-pyrrole nitrogens is 1. The van der Waals surface area contributed by atoms with Gasteiger partial charge in [-0.3, -0.25) is 0 Å². The summed E-state index contributed by atoms with van der Waals surface area (Å²) in [6, 6.07) is 3.23. The van der Waals surface area contributed by atoms with Gasteiger partial charge < -0.3 is 10.1 Å². The Balaban J connectivity index is 0.00000112. The van der Waals surface area contributed by atoms with E-state index in [1.165, 1.54) is 6.07 Å². The van der Waals surface area contributed by atoms with E-state index in [1.54, 1.807) is 18.3 Å². The SMILES string of the molecule is C=Cc1cc(C(=O)O)nc2cc[nH]c12.[Li]. The van der Waals surface area contributed by atoms with E-state index in [0.29, 0.717) is 5.52 Å². The summed E-state index contributed by atoms with van der Waals surface area (Å²) in [5.41, 5.74) is 2.23. The summed E-state index contributed by atoms with van der Waals surface area (Å²) in [4.78, 5) is 17.7. The third-order valence-corrected chi connectivity index (χ3v) is 1.99. The molecule has 4 nitrogen and oxygen atoms in total. The molecule has 5 heteroatoms. The number of aromatic amines is 1. The monoisotopic (exact) mass is 195 g/mol. The topological polar surface area (TPSA) is 66.0 Å². The summed E-state index contributed by atoms with van der Waals surface area (Å²) in [6.45, 7) is 3.62. The van der Waals surface area contributed by atoms with Gasteiger partial charge in [-0.25, -0.2) is 9.78 Å². The molecule has 71 valence electrons. The Morgan fingerprint density at radius 2 is 2.33 bits per heavy atom. The van der Waals surface area contributed by atoms with Crippen molar-refractivity contribution in [3.8, 4) is 0 Å². The van der Waals surface area contributed by atoms with E-state index < -0.39 is 5.97 Å². The number of hydrogen-bond acceptors (Lipinski definition) is 2. The molecule has 0 amide bonds. The van der Waals surface area contributed by atoms with Crippen LogP contribution in [0.4, 0.5) is 0 Å². The van der Waals surface area contributed by atoms with E-state index in [9.17, 15) is 4.79 Å². The molecular weight excluding hydrogens is 187 g/mol. The Labute approximate surface area is 98.2 Å². The number of fused-ring (bicyclic) bond motifs is 1. The molecule has 2 heterocycles. The van der Waals surface area contributed by atoms with E-state index in [0.717, 1.165) is 11.1 Å². The number of aromatic nitrogens is 2. The molecule has 0 aromatic carbocycles. The summed E-state index contributed by atoms with van der Waals surface area (Å²) in [6.07, 6.45) is 3.32. The fourth-order valence-corrected chi connectivity index (χ4v) is 1.34. The van der Waals surface area contributed by atoms with Gasteiger partial charge in [0.05, 0.1) is 11.0 Å². The van der Waals surface area contributed by atoms with Gasteiger partial charge in [-0.2, -0.15) is 0 Å². The first kappa shape index (κ1) is 11.6. The van der Waals surface area contributed by atoms with Gasteiger partial charge in [0.15, 0.2) is 0 Å². The van der Waals surface area contributed by atoms with Crippen molar-refractivity contribution in [3.05, 3.63) is 36.2 Å². The number of carbonyl (C=O) groups is 1. The van der Waals surface area contributed by atoms with Gasteiger partial charge in [-0.1, -0.05) is 12.7 Å². The van der Waals surface area contributed by atoms with Crippen LogP contribution in [0.3, 0.4) is 0 Å². The number of nitrogens with one attached hydrogen (secondary N) is 1. The smallest absolute Gasteiger partial charge is 0.354 e. The van der Waals surface area contributed by atoms with Crippen molar-refractivity contribution in [2.45, 2.75) is 0 Å². The number of aromatic carboxylic acids is 1. The molecule has 0 bridgehead atoms. The molecule has 2 aromatic rings. The number of rotatable bonds is 2. The standard InChI is InChI=1S/C10H8N2O2.Li/c1-2-6-5-8(10(13)14)12-7-3-4-11-9(6)7;/h2-5,11H,1H2,(H,13,14);. The van der Waals surface area contributed by atoms with Crippen molar-refractivity contribution >= 4 is 41.9 Å². The zero-order valence-electron chi connectivity index (χ0n) is 8.32. The maximum atomic E-state index is 10.7. The Kier molecular flexibility index (Phi) is 3.35. The van der Waals surface area contributed by atoms with Crippen molar-refractivity contribution in [2.75, 3.05) is 0 Å². The quantitative estimate of drug-likeness (QED) is 0.714. The molecule has 2 aromatic heterocycles. The maximum Gasteiger partial charge on any atom is 0.354 e. The molecule has 2 rings (SSSR count). The first-order chi connectivity index (χ1) is 6.72. The van der Waals surface area contributed by atoms with Crippen LogP contribution in [-0.2, 0) is 0 Å².